The molecule has 0 radical (unpaired) electrons. The van der Waals surface area contributed by atoms with Crippen LogP contribution in [0.15, 0.2) is 48.5 Å². The molecule has 0 atom stereocenters. The van der Waals surface area contributed by atoms with E-state index in [0.717, 1.165) is 0 Å². The predicted octanol–water partition coefficient (Wildman–Crippen LogP) is 2.51. The van der Waals surface area contributed by atoms with Gasteiger partial charge in [-0.15, -0.1) is 24.8 Å². The summed E-state index contributed by atoms with van der Waals surface area (Å²) in [5.41, 5.74) is 12.5. The first-order valence-corrected chi connectivity index (χ1v) is 6.29. The number of nitrogens with two attached hydrogens (primary N) is 2. The molecule has 0 aliphatic carbocycles. The highest BCUT2D eigenvalue weighted by Gasteiger charge is 2.09. The van der Waals surface area contributed by atoms with Crippen molar-refractivity contribution < 1.29 is 14.6 Å². The van der Waals surface area contributed by atoms with Gasteiger partial charge in [-0.3, -0.25) is 0 Å². The van der Waals surface area contributed by atoms with Crippen LogP contribution in [0.1, 0.15) is 0 Å². The van der Waals surface area contributed by atoms with E-state index < -0.39 is 6.10 Å². The number of aliphatic hydroxyl groups excluding tert-OH is 1. The van der Waals surface area contributed by atoms with Crippen LogP contribution in [0.3, 0.4) is 0 Å². The monoisotopic (exact) mass is 346 g/mol. The lowest BCUT2D eigenvalue weighted by Gasteiger charge is -2.15. The summed E-state index contributed by atoms with van der Waals surface area (Å²) >= 11 is 0. The third-order valence-electron chi connectivity index (χ3n) is 2.70. The van der Waals surface area contributed by atoms with E-state index in [1.165, 1.54) is 0 Å². The lowest BCUT2D eigenvalue weighted by molar-refractivity contribution is 0.0632. The molecule has 0 bridgehead atoms. The fourth-order valence-electron chi connectivity index (χ4n) is 1.64. The van der Waals surface area contributed by atoms with Gasteiger partial charge in [0, 0.05) is 0 Å². The molecule has 5 nitrogen and oxygen atoms in total. The average molecular weight is 347 g/mol. The van der Waals surface area contributed by atoms with Crippen LogP contribution >= 0.6 is 24.8 Å². The molecule has 5 N–H and O–H groups in total. The zero-order chi connectivity index (χ0) is 14.4. The van der Waals surface area contributed by atoms with E-state index in [0.29, 0.717) is 22.9 Å². The van der Waals surface area contributed by atoms with Gasteiger partial charge in [-0.25, -0.2) is 0 Å². The SMILES string of the molecule is Cl.Cl.Nc1ccccc1OCC(O)COc1ccccc1N. The van der Waals surface area contributed by atoms with Gasteiger partial charge in [0.25, 0.3) is 0 Å². The van der Waals surface area contributed by atoms with Crippen molar-refractivity contribution in [1.29, 1.82) is 0 Å². The smallest absolute Gasteiger partial charge is 0.142 e. The number of rotatable bonds is 6. The first kappa shape index (κ1) is 20.2. The molecule has 0 aliphatic heterocycles. The van der Waals surface area contributed by atoms with E-state index in [2.05, 4.69) is 0 Å². The summed E-state index contributed by atoms with van der Waals surface area (Å²) in [5, 5.41) is 9.82. The van der Waals surface area contributed by atoms with E-state index >= 15 is 0 Å². The Labute approximate surface area is 142 Å². The van der Waals surface area contributed by atoms with Crippen molar-refractivity contribution in [2.75, 3.05) is 24.7 Å². The van der Waals surface area contributed by atoms with E-state index in [-0.39, 0.29) is 38.0 Å². The number of nitrogen functional groups attached to an aromatic ring is 2. The van der Waals surface area contributed by atoms with Crippen molar-refractivity contribution in [2.24, 2.45) is 0 Å². The van der Waals surface area contributed by atoms with Gasteiger partial charge in [0.15, 0.2) is 0 Å². The Kier molecular flexibility index (Phi) is 9.17. The highest BCUT2D eigenvalue weighted by Crippen LogP contribution is 2.21. The number of hydrogen-bond acceptors (Lipinski definition) is 5. The summed E-state index contributed by atoms with van der Waals surface area (Å²) < 4.78 is 10.9. The van der Waals surface area contributed by atoms with Gasteiger partial charge in [-0.2, -0.15) is 0 Å². The largest absolute Gasteiger partial charge is 0.489 e. The molecule has 2 rings (SSSR count). The number of hydrogen-bond donors (Lipinski definition) is 3. The summed E-state index contributed by atoms with van der Waals surface area (Å²) in [6.07, 6.45) is -0.769. The molecule has 0 aliphatic rings. The van der Waals surface area contributed by atoms with Crippen LogP contribution in [0.5, 0.6) is 11.5 Å². The Balaban J connectivity index is 0.00000220. The van der Waals surface area contributed by atoms with Crippen molar-refractivity contribution in [1.82, 2.24) is 0 Å². The Morgan fingerprint density at radius 2 is 1.14 bits per heavy atom. The van der Waals surface area contributed by atoms with E-state index in [9.17, 15) is 5.11 Å². The first-order valence-electron chi connectivity index (χ1n) is 6.29. The van der Waals surface area contributed by atoms with Crippen LogP contribution in [-0.4, -0.2) is 24.4 Å². The molecule has 2 aromatic carbocycles. The second-order valence-electron chi connectivity index (χ2n) is 4.35. The van der Waals surface area contributed by atoms with Crippen LogP contribution in [0, 0.1) is 0 Å². The summed E-state index contributed by atoms with van der Waals surface area (Å²) in [6.45, 7) is 0.196. The number of aliphatic hydroxyl groups is 1. The van der Waals surface area contributed by atoms with Gasteiger partial charge in [-0.1, -0.05) is 24.3 Å². The topological polar surface area (TPSA) is 90.7 Å². The van der Waals surface area contributed by atoms with E-state index in [1.54, 1.807) is 24.3 Å². The molecule has 0 aromatic heterocycles. The third-order valence-corrected chi connectivity index (χ3v) is 2.70. The molecular weight excluding hydrogens is 327 g/mol. The Morgan fingerprint density at radius 1 is 0.773 bits per heavy atom. The van der Waals surface area contributed by atoms with Crippen molar-refractivity contribution >= 4 is 36.2 Å². The van der Waals surface area contributed by atoms with Crippen LogP contribution in [0.2, 0.25) is 0 Å². The molecule has 0 heterocycles. The highest BCUT2D eigenvalue weighted by atomic mass is 35.5. The predicted molar refractivity (Wildman–Crippen MR) is 93.2 cm³/mol. The van der Waals surface area contributed by atoms with Gasteiger partial charge < -0.3 is 26.0 Å². The molecule has 122 valence electrons. The molecule has 0 unspecified atom stereocenters. The second kappa shape index (κ2) is 10.00. The van der Waals surface area contributed by atoms with Gasteiger partial charge in [0.2, 0.25) is 0 Å². The van der Waals surface area contributed by atoms with Gasteiger partial charge in [0.1, 0.15) is 30.8 Å². The van der Waals surface area contributed by atoms with Gasteiger partial charge >= 0.3 is 0 Å². The molecular formula is C15H20Cl2N2O3. The number of halogens is 2. The number of para-hydroxylation sites is 4. The molecule has 0 saturated carbocycles. The molecule has 22 heavy (non-hydrogen) atoms. The summed E-state index contributed by atoms with van der Waals surface area (Å²) in [7, 11) is 0. The number of anilines is 2. The minimum atomic E-state index is -0.769. The van der Waals surface area contributed by atoms with Crippen LogP contribution < -0.4 is 20.9 Å². The van der Waals surface area contributed by atoms with Crippen LogP contribution in [0.4, 0.5) is 11.4 Å². The van der Waals surface area contributed by atoms with Crippen molar-refractivity contribution in [2.45, 2.75) is 6.10 Å². The quantitative estimate of drug-likeness (QED) is 0.699. The standard InChI is InChI=1S/C15H18N2O3.2ClH/c16-12-5-1-3-7-14(12)19-9-11(18)10-20-15-8-4-2-6-13(15)17;;/h1-8,11,18H,9-10,16-17H2;2*1H. The molecule has 0 spiro atoms. The average Bonchev–Trinajstić information content (AvgIpc) is 2.45. The maximum Gasteiger partial charge on any atom is 0.142 e. The maximum absolute atomic E-state index is 9.82. The number of ether oxygens (including phenoxy) is 2. The Hall–Kier alpha value is -1.82. The Morgan fingerprint density at radius 3 is 1.50 bits per heavy atom. The molecule has 0 amide bonds. The molecule has 2 aromatic rings. The van der Waals surface area contributed by atoms with Crippen molar-refractivity contribution in [3.8, 4) is 11.5 Å². The fraction of sp³-hybridized carbons (Fsp3) is 0.200. The third kappa shape index (κ3) is 5.89. The Bertz CT molecular complexity index is 520. The van der Waals surface area contributed by atoms with Crippen molar-refractivity contribution in [3.63, 3.8) is 0 Å². The summed E-state index contributed by atoms with van der Waals surface area (Å²) in [5.74, 6) is 1.09. The van der Waals surface area contributed by atoms with Gasteiger partial charge in [-0.05, 0) is 24.3 Å². The molecule has 0 saturated heterocycles. The summed E-state index contributed by atoms with van der Waals surface area (Å²) in [4.78, 5) is 0. The minimum Gasteiger partial charge on any atom is -0.489 e. The first-order chi connectivity index (χ1) is 9.66. The van der Waals surface area contributed by atoms with Crippen LogP contribution in [0.25, 0.3) is 0 Å². The van der Waals surface area contributed by atoms with E-state index in [4.69, 9.17) is 20.9 Å². The molecule has 7 heteroatoms. The van der Waals surface area contributed by atoms with E-state index in [1.807, 2.05) is 24.3 Å². The zero-order valence-electron chi connectivity index (χ0n) is 11.8. The van der Waals surface area contributed by atoms with Gasteiger partial charge in [0.05, 0.1) is 11.4 Å². The maximum atomic E-state index is 9.82. The zero-order valence-corrected chi connectivity index (χ0v) is 13.5. The lowest BCUT2D eigenvalue weighted by atomic mass is 10.3. The molecule has 0 fully saturated rings. The second-order valence-corrected chi connectivity index (χ2v) is 4.35. The van der Waals surface area contributed by atoms with Crippen molar-refractivity contribution in [3.05, 3.63) is 48.5 Å². The fourth-order valence-corrected chi connectivity index (χ4v) is 1.64. The summed E-state index contributed by atoms with van der Waals surface area (Å²) in [6, 6.07) is 14.3. The van der Waals surface area contributed by atoms with Crippen LogP contribution in [-0.2, 0) is 0 Å². The lowest BCUT2D eigenvalue weighted by Crippen LogP contribution is -2.25. The minimum absolute atomic E-state index is 0. The highest BCUT2D eigenvalue weighted by molar-refractivity contribution is 5.85. The number of benzene rings is 2. The normalized spacial score (nSPS) is 9.55.